The number of anilines is 1. The Hall–Kier alpha value is -2.98. The van der Waals surface area contributed by atoms with Crippen molar-refractivity contribution in [2.45, 2.75) is 48.6 Å². The zero-order valence-electron chi connectivity index (χ0n) is 23.6. The van der Waals surface area contributed by atoms with Gasteiger partial charge in [0.1, 0.15) is 5.82 Å². The van der Waals surface area contributed by atoms with Crippen molar-refractivity contribution in [3.05, 3.63) is 94.3 Å². The molecule has 1 amide bonds. The molecule has 1 spiro atoms. The number of hydrogen-bond donors (Lipinski definition) is 1. The van der Waals surface area contributed by atoms with Gasteiger partial charge in [-0.3, -0.25) is 9.10 Å². The number of rotatable bonds is 9. The van der Waals surface area contributed by atoms with Crippen LogP contribution in [0.15, 0.2) is 71.6 Å². The van der Waals surface area contributed by atoms with Crippen molar-refractivity contribution >= 4 is 33.2 Å². The smallest absolute Gasteiger partial charge is 0.264 e. The molecule has 2 aliphatic heterocycles. The summed E-state index contributed by atoms with van der Waals surface area (Å²) in [6, 6.07) is 17.5. The molecule has 222 valence electrons. The monoisotopic (exact) mass is 611 g/mol. The van der Waals surface area contributed by atoms with Gasteiger partial charge in [0, 0.05) is 36.2 Å². The molecule has 3 aromatic rings. The first-order valence-electron chi connectivity index (χ1n) is 14.4. The predicted octanol–water partition coefficient (Wildman–Crippen LogP) is 5.38. The lowest BCUT2D eigenvalue weighted by atomic mass is 9.68. The average molecular weight is 612 g/mol. The van der Waals surface area contributed by atoms with Crippen molar-refractivity contribution in [1.82, 2.24) is 10.2 Å². The number of likely N-dealkylation sites (tertiary alicyclic amines) is 1. The summed E-state index contributed by atoms with van der Waals surface area (Å²) in [5.41, 5.74) is 2.38. The van der Waals surface area contributed by atoms with Crippen LogP contribution < -0.4 is 9.62 Å². The Bertz CT molecular complexity index is 1570. The van der Waals surface area contributed by atoms with Gasteiger partial charge in [-0.25, -0.2) is 12.8 Å². The van der Waals surface area contributed by atoms with Gasteiger partial charge in [0.05, 0.1) is 23.2 Å². The van der Waals surface area contributed by atoms with Crippen LogP contribution in [0.25, 0.3) is 0 Å². The molecule has 1 atom stereocenters. The number of methoxy groups -OCH3 is 1. The molecule has 3 aromatic carbocycles. The molecule has 7 nitrogen and oxygen atoms in total. The highest BCUT2D eigenvalue weighted by molar-refractivity contribution is 7.92. The predicted molar refractivity (Wildman–Crippen MR) is 161 cm³/mol. The first-order chi connectivity index (χ1) is 20.2. The van der Waals surface area contributed by atoms with Crippen LogP contribution in [0.3, 0.4) is 0 Å². The minimum atomic E-state index is -3.99. The molecule has 0 aromatic heterocycles. The van der Waals surface area contributed by atoms with Crippen LogP contribution in [0.1, 0.15) is 47.2 Å². The number of benzene rings is 3. The summed E-state index contributed by atoms with van der Waals surface area (Å²) in [5.74, 6) is -0.509. The number of amides is 1. The van der Waals surface area contributed by atoms with E-state index in [0.717, 1.165) is 56.4 Å². The molecular weight excluding hydrogens is 577 g/mol. The molecule has 0 bridgehead atoms. The second-order valence-corrected chi connectivity index (χ2v) is 13.8. The molecule has 6 rings (SSSR count). The largest absolute Gasteiger partial charge is 0.383 e. The van der Waals surface area contributed by atoms with Crippen molar-refractivity contribution in [2.75, 3.05) is 37.7 Å². The summed E-state index contributed by atoms with van der Waals surface area (Å²) in [6.07, 6.45) is 3.44. The van der Waals surface area contributed by atoms with E-state index in [1.54, 1.807) is 29.6 Å². The summed E-state index contributed by atoms with van der Waals surface area (Å²) in [6.45, 7) is 3.34. The van der Waals surface area contributed by atoms with Crippen molar-refractivity contribution in [3.8, 4) is 0 Å². The third kappa shape index (κ3) is 5.32. The zero-order valence-corrected chi connectivity index (χ0v) is 25.1. The first kappa shape index (κ1) is 29.1. The maximum Gasteiger partial charge on any atom is 0.264 e. The average Bonchev–Trinajstić information content (AvgIpc) is 3.80. The third-order valence-corrected chi connectivity index (χ3v) is 11.2. The molecule has 1 unspecified atom stereocenters. The van der Waals surface area contributed by atoms with Gasteiger partial charge in [-0.15, -0.1) is 0 Å². The Morgan fingerprint density at radius 3 is 2.45 bits per heavy atom. The summed E-state index contributed by atoms with van der Waals surface area (Å²) < 4.78 is 49.2. The maximum absolute atomic E-state index is 14.3. The van der Waals surface area contributed by atoms with Gasteiger partial charge in [0.25, 0.3) is 15.9 Å². The molecule has 1 saturated carbocycles. The van der Waals surface area contributed by atoms with Crippen molar-refractivity contribution in [1.29, 1.82) is 0 Å². The van der Waals surface area contributed by atoms with Crippen molar-refractivity contribution in [3.63, 3.8) is 0 Å². The molecule has 1 aliphatic carbocycles. The van der Waals surface area contributed by atoms with E-state index in [0.29, 0.717) is 22.9 Å². The lowest BCUT2D eigenvalue weighted by molar-refractivity contribution is 0.0948. The minimum absolute atomic E-state index is 0.0663. The number of nitrogens with zero attached hydrogens (tertiary/aromatic N) is 2. The number of piperidine rings is 1. The van der Waals surface area contributed by atoms with Gasteiger partial charge >= 0.3 is 0 Å². The lowest BCUT2D eigenvalue weighted by Crippen LogP contribution is -2.54. The van der Waals surface area contributed by atoms with Crippen LogP contribution in [0.4, 0.5) is 10.1 Å². The molecule has 0 radical (unpaired) electrons. The third-order valence-electron chi connectivity index (χ3n) is 9.05. The molecular formula is C32H35ClFN3O4S. The molecule has 42 heavy (non-hydrogen) atoms. The summed E-state index contributed by atoms with van der Waals surface area (Å²) in [4.78, 5) is 15.8. The fraction of sp³-hybridized carbons (Fsp3) is 0.406. The maximum atomic E-state index is 14.3. The van der Waals surface area contributed by atoms with E-state index < -0.39 is 21.3 Å². The Labute approximate surface area is 251 Å². The van der Waals surface area contributed by atoms with Gasteiger partial charge in [-0.1, -0.05) is 29.8 Å². The van der Waals surface area contributed by atoms with E-state index in [1.165, 1.54) is 24.3 Å². The van der Waals surface area contributed by atoms with E-state index in [2.05, 4.69) is 10.2 Å². The number of carbonyl (C=O) groups excluding carboxylic acids is 1. The number of hydrogen-bond acceptors (Lipinski definition) is 5. The van der Waals surface area contributed by atoms with E-state index in [1.807, 2.05) is 24.3 Å². The normalized spacial score (nSPS) is 20.1. The van der Waals surface area contributed by atoms with E-state index in [-0.39, 0.29) is 29.3 Å². The molecule has 10 heteroatoms. The second kappa shape index (κ2) is 11.6. The fourth-order valence-electron chi connectivity index (χ4n) is 6.74. The van der Waals surface area contributed by atoms with Crippen LogP contribution in [0, 0.1) is 11.7 Å². The van der Waals surface area contributed by atoms with Crippen molar-refractivity contribution in [2.24, 2.45) is 5.92 Å². The van der Waals surface area contributed by atoms with Gasteiger partial charge in [0.15, 0.2) is 0 Å². The zero-order chi connectivity index (χ0) is 29.5. The van der Waals surface area contributed by atoms with Crippen LogP contribution in [0.2, 0.25) is 5.02 Å². The lowest BCUT2D eigenvalue weighted by Gasteiger charge is -2.45. The molecule has 2 fully saturated rings. The van der Waals surface area contributed by atoms with Crippen LogP contribution in [0.5, 0.6) is 0 Å². The number of ether oxygens (including phenoxy) is 1. The number of nitrogens with one attached hydrogen (secondary N) is 1. The van der Waals surface area contributed by atoms with Gasteiger partial charge in [-0.05, 0) is 104 Å². The highest BCUT2D eigenvalue weighted by Gasteiger charge is 2.60. The number of sulfonamides is 1. The van der Waals surface area contributed by atoms with Crippen molar-refractivity contribution < 1.29 is 22.3 Å². The Balaban J connectivity index is 1.39. The topological polar surface area (TPSA) is 79.0 Å². The van der Waals surface area contributed by atoms with Crippen LogP contribution in [-0.2, 0) is 26.7 Å². The summed E-state index contributed by atoms with van der Waals surface area (Å²) in [7, 11) is -2.30. The molecule has 2 heterocycles. The number of halogens is 2. The highest BCUT2D eigenvalue weighted by Crippen LogP contribution is 2.59. The fourth-order valence-corrected chi connectivity index (χ4v) is 8.74. The first-order valence-corrected chi connectivity index (χ1v) is 16.2. The Morgan fingerprint density at radius 2 is 1.79 bits per heavy atom. The van der Waals surface area contributed by atoms with Crippen LogP contribution >= 0.6 is 11.6 Å². The molecule has 3 aliphatic rings. The molecule has 1 N–H and O–H groups in total. The number of carbonyl (C=O) groups is 1. The SMILES string of the molecule is COCCN1CCC2(CC1)c1cc(C(=O)NCc3ccccc3Cl)ccc1N(S(=O)(=O)c1ccc(F)cc1)C2C1CC1. The Morgan fingerprint density at radius 1 is 1.07 bits per heavy atom. The van der Waals surface area contributed by atoms with E-state index in [4.69, 9.17) is 16.3 Å². The minimum Gasteiger partial charge on any atom is -0.383 e. The standard InChI is InChI=1S/C32H35ClFN3O4S/c1-41-19-18-36-16-14-32(15-17-36)27-20-23(31(38)35-21-24-4-2-3-5-28(24)33)8-13-29(27)37(30(32)22-6-7-22)42(39,40)26-11-9-25(34)10-12-26/h2-5,8-13,20,22,30H,6-7,14-19,21H2,1H3,(H,35,38). The summed E-state index contributed by atoms with van der Waals surface area (Å²) in [5, 5.41) is 3.56. The number of fused-ring (bicyclic) bond motifs is 2. The van der Waals surface area contributed by atoms with Crippen LogP contribution in [-0.4, -0.2) is 58.6 Å². The van der Waals surface area contributed by atoms with Gasteiger partial charge < -0.3 is 15.0 Å². The quantitative estimate of drug-likeness (QED) is 0.352. The van der Waals surface area contributed by atoms with E-state index in [9.17, 15) is 17.6 Å². The van der Waals surface area contributed by atoms with E-state index >= 15 is 0 Å². The highest BCUT2D eigenvalue weighted by atomic mass is 35.5. The van der Waals surface area contributed by atoms with Gasteiger partial charge in [0.2, 0.25) is 0 Å². The van der Waals surface area contributed by atoms with Gasteiger partial charge in [-0.2, -0.15) is 0 Å². The summed E-state index contributed by atoms with van der Waals surface area (Å²) >= 11 is 6.29. The molecule has 1 saturated heterocycles. The second-order valence-electron chi connectivity index (χ2n) is 11.5. The Kier molecular flexibility index (Phi) is 8.04.